The lowest BCUT2D eigenvalue weighted by Crippen LogP contribution is -2.49. The molecule has 114 valence electrons. The van der Waals surface area contributed by atoms with Crippen LogP contribution in [0.1, 0.15) is 60.3 Å². The van der Waals surface area contributed by atoms with Crippen molar-refractivity contribution in [3.05, 3.63) is 0 Å². The molecule has 3 atom stereocenters. The summed E-state index contributed by atoms with van der Waals surface area (Å²) in [5, 5.41) is 13.1. The first-order chi connectivity index (χ1) is 8.86. The van der Waals surface area contributed by atoms with Gasteiger partial charge in [0.25, 0.3) is 0 Å². The first-order valence-electron chi connectivity index (χ1n) is 7.99. The summed E-state index contributed by atoms with van der Waals surface area (Å²) in [4.78, 5) is 2.63. The summed E-state index contributed by atoms with van der Waals surface area (Å²) in [5.74, 6) is 0.842. The second-order valence-electron chi connectivity index (χ2n) is 7.15. The van der Waals surface area contributed by atoms with Gasteiger partial charge in [0, 0.05) is 24.2 Å². The van der Waals surface area contributed by atoms with Crippen LogP contribution in [-0.4, -0.2) is 47.3 Å². The summed E-state index contributed by atoms with van der Waals surface area (Å²) in [7, 11) is 0. The average Bonchev–Trinajstić information content (AvgIpc) is 2.32. The Kier molecular flexibility index (Phi) is 6.78. The van der Waals surface area contributed by atoms with E-state index in [1.54, 1.807) is 0 Å². The van der Waals surface area contributed by atoms with Gasteiger partial charge in [-0.1, -0.05) is 20.8 Å². The van der Waals surface area contributed by atoms with E-state index in [0.29, 0.717) is 6.04 Å². The van der Waals surface area contributed by atoms with Gasteiger partial charge in [-0.2, -0.15) is 0 Å². The van der Waals surface area contributed by atoms with E-state index in [1.165, 1.54) is 25.9 Å². The number of aliphatic hydroxyl groups is 1. The summed E-state index contributed by atoms with van der Waals surface area (Å²) >= 11 is 0. The van der Waals surface area contributed by atoms with Crippen molar-refractivity contribution in [1.82, 2.24) is 10.2 Å². The summed E-state index contributed by atoms with van der Waals surface area (Å²) in [6, 6.07) is 1.15. The number of nitrogens with zero attached hydrogens (tertiary/aromatic N) is 1. The highest BCUT2D eigenvalue weighted by atomic mass is 16.3. The van der Waals surface area contributed by atoms with Gasteiger partial charge < -0.3 is 15.3 Å². The molecule has 3 nitrogen and oxygen atoms in total. The number of nitrogens with one attached hydrogen (secondary N) is 1. The van der Waals surface area contributed by atoms with E-state index in [0.717, 1.165) is 24.8 Å². The molecule has 0 amide bonds. The zero-order chi connectivity index (χ0) is 14.5. The van der Waals surface area contributed by atoms with Gasteiger partial charge in [-0.15, -0.1) is 0 Å². The maximum Gasteiger partial charge on any atom is 0.0610 e. The van der Waals surface area contributed by atoms with Crippen LogP contribution >= 0.6 is 0 Å². The molecule has 19 heavy (non-hydrogen) atoms. The zero-order valence-corrected chi connectivity index (χ0v) is 13.6. The molecule has 0 aromatic carbocycles. The fourth-order valence-corrected chi connectivity index (χ4v) is 3.26. The Labute approximate surface area is 119 Å². The van der Waals surface area contributed by atoms with Crippen LogP contribution in [0.15, 0.2) is 0 Å². The Bertz CT molecular complexity index is 257. The van der Waals surface area contributed by atoms with E-state index >= 15 is 0 Å². The fourth-order valence-electron chi connectivity index (χ4n) is 3.26. The van der Waals surface area contributed by atoms with E-state index in [4.69, 9.17) is 0 Å². The topological polar surface area (TPSA) is 35.5 Å². The third-order valence-corrected chi connectivity index (χ3v) is 4.41. The Hall–Kier alpha value is -0.120. The van der Waals surface area contributed by atoms with Crippen molar-refractivity contribution in [2.45, 2.75) is 77.9 Å². The lowest BCUT2D eigenvalue weighted by molar-refractivity contribution is 0.109. The molecule has 3 heteroatoms. The monoisotopic (exact) mass is 270 g/mol. The maximum absolute atomic E-state index is 9.59. The minimum Gasteiger partial charge on any atom is -0.394 e. The van der Waals surface area contributed by atoms with Gasteiger partial charge in [-0.3, -0.25) is 0 Å². The standard InChI is InChI=1S/C16H34N2O/c1-13(2)17-16(5,12-19)9-6-10-18-11-14(3)7-8-15(18)4/h13-15,17,19H,6-12H2,1-5H3. The van der Waals surface area contributed by atoms with Crippen LogP contribution in [0.2, 0.25) is 0 Å². The van der Waals surface area contributed by atoms with Gasteiger partial charge in [0.05, 0.1) is 6.61 Å². The molecule has 0 aliphatic carbocycles. The van der Waals surface area contributed by atoms with Crippen LogP contribution in [0.25, 0.3) is 0 Å². The minimum absolute atomic E-state index is 0.126. The third kappa shape index (κ3) is 5.80. The lowest BCUT2D eigenvalue weighted by Gasteiger charge is -2.38. The average molecular weight is 270 g/mol. The number of likely N-dealkylation sites (tertiary alicyclic amines) is 1. The molecule has 1 aliphatic heterocycles. The highest BCUT2D eigenvalue weighted by molar-refractivity contribution is 4.85. The van der Waals surface area contributed by atoms with Gasteiger partial charge in [-0.05, 0) is 52.0 Å². The molecular weight excluding hydrogens is 236 g/mol. The maximum atomic E-state index is 9.59. The molecule has 3 unspecified atom stereocenters. The van der Waals surface area contributed by atoms with Crippen molar-refractivity contribution in [2.24, 2.45) is 5.92 Å². The summed E-state index contributed by atoms with van der Waals surface area (Å²) in [6.45, 7) is 13.8. The van der Waals surface area contributed by atoms with Crippen LogP contribution in [0.3, 0.4) is 0 Å². The molecule has 1 heterocycles. The molecule has 1 saturated heterocycles. The number of rotatable bonds is 7. The molecule has 0 bridgehead atoms. The van der Waals surface area contributed by atoms with E-state index in [1.807, 2.05) is 0 Å². The molecule has 2 N–H and O–H groups in total. The lowest BCUT2D eigenvalue weighted by atomic mass is 9.93. The van der Waals surface area contributed by atoms with Crippen molar-refractivity contribution in [3.63, 3.8) is 0 Å². The van der Waals surface area contributed by atoms with Crippen molar-refractivity contribution in [1.29, 1.82) is 0 Å². The molecular formula is C16H34N2O. The van der Waals surface area contributed by atoms with Crippen LogP contribution < -0.4 is 5.32 Å². The Morgan fingerprint density at radius 1 is 1.32 bits per heavy atom. The quantitative estimate of drug-likeness (QED) is 0.746. The van der Waals surface area contributed by atoms with Crippen LogP contribution in [0.4, 0.5) is 0 Å². The predicted octanol–water partition coefficient (Wildman–Crippen LogP) is 2.64. The molecule has 0 saturated carbocycles. The van der Waals surface area contributed by atoms with Crippen molar-refractivity contribution in [3.8, 4) is 0 Å². The molecule has 1 rings (SSSR count). The summed E-state index contributed by atoms with van der Waals surface area (Å²) < 4.78 is 0. The van der Waals surface area contributed by atoms with Crippen molar-refractivity contribution < 1.29 is 5.11 Å². The minimum atomic E-state index is -0.126. The van der Waals surface area contributed by atoms with Gasteiger partial charge >= 0.3 is 0 Å². The predicted molar refractivity (Wildman–Crippen MR) is 82.4 cm³/mol. The van der Waals surface area contributed by atoms with Gasteiger partial charge in [-0.25, -0.2) is 0 Å². The van der Waals surface area contributed by atoms with Crippen LogP contribution in [0, 0.1) is 5.92 Å². The van der Waals surface area contributed by atoms with E-state index in [2.05, 4.69) is 44.8 Å². The Morgan fingerprint density at radius 2 is 2.00 bits per heavy atom. The third-order valence-electron chi connectivity index (χ3n) is 4.41. The van der Waals surface area contributed by atoms with Crippen LogP contribution in [-0.2, 0) is 0 Å². The molecule has 0 aromatic rings. The van der Waals surface area contributed by atoms with Gasteiger partial charge in [0.15, 0.2) is 0 Å². The largest absolute Gasteiger partial charge is 0.394 e. The highest BCUT2D eigenvalue weighted by Gasteiger charge is 2.26. The number of hydrogen-bond donors (Lipinski definition) is 2. The van der Waals surface area contributed by atoms with Gasteiger partial charge in [0.1, 0.15) is 0 Å². The fraction of sp³-hybridized carbons (Fsp3) is 1.00. The summed E-state index contributed by atoms with van der Waals surface area (Å²) in [6.07, 6.45) is 4.91. The Morgan fingerprint density at radius 3 is 2.58 bits per heavy atom. The van der Waals surface area contributed by atoms with Crippen molar-refractivity contribution >= 4 is 0 Å². The zero-order valence-electron chi connectivity index (χ0n) is 13.6. The van der Waals surface area contributed by atoms with Crippen LogP contribution in [0.5, 0.6) is 0 Å². The molecule has 0 aromatic heterocycles. The molecule has 0 radical (unpaired) electrons. The second-order valence-corrected chi connectivity index (χ2v) is 7.15. The van der Waals surface area contributed by atoms with Crippen molar-refractivity contribution in [2.75, 3.05) is 19.7 Å². The second kappa shape index (κ2) is 7.61. The summed E-state index contributed by atoms with van der Waals surface area (Å²) in [5.41, 5.74) is -0.126. The Balaban J connectivity index is 2.35. The normalized spacial score (nSPS) is 28.6. The highest BCUT2D eigenvalue weighted by Crippen LogP contribution is 2.22. The first-order valence-corrected chi connectivity index (χ1v) is 7.99. The smallest absolute Gasteiger partial charge is 0.0610 e. The van der Waals surface area contributed by atoms with Gasteiger partial charge in [0.2, 0.25) is 0 Å². The molecule has 0 spiro atoms. The number of hydrogen-bond acceptors (Lipinski definition) is 3. The van der Waals surface area contributed by atoms with E-state index in [-0.39, 0.29) is 12.1 Å². The number of aliphatic hydroxyl groups excluding tert-OH is 1. The van der Waals surface area contributed by atoms with E-state index < -0.39 is 0 Å². The molecule has 1 fully saturated rings. The number of piperidine rings is 1. The van der Waals surface area contributed by atoms with E-state index in [9.17, 15) is 5.11 Å². The first kappa shape index (κ1) is 16.9. The molecule has 1 aliphatic rings. The SMILES string of the molecule is CC1CCC(C)N(CCCC(C)(CO)NC(C)C)C1.